The van der Waals surface area contributed by atoms with Crippen molar-refractivity contribution in [2.75, 3.05) is 26.2 Å². The molecule has 1 aliphatic rings. The van der Waals surface area contributed by atoms with Crippen LogP contribution in [0.2, 0.25) is 0 Å². The van der Waals surface area contributed by atoms with E-state index in [0.29, 0.717) is 18.5 Å². The Kier molecular flexibility index (Phi) is 5.10. The maximum Gasteiger partial charge on any atom is 0.471 e. The number of benzene rings is 1. The topological polar surface area (TPSA) is 40.6 Å². The molecule has 0 aliphatic carbocycles. The normalized spacial score (nSPS) is 16.4. The van der Waals surface area contributed by atoms with Gasteiger partial charge < -0.3 is 9.80 Å². The van der Waals surface area contributed by atoms with Gasteiger partial charge in [0.25, 0.3) is 5.91 Å². The quantitative estimate of drug-likeness (QED) is 0.753. The Morgan fingerprint density at radius 3 is 2.32 bits per heavy atom. The molecule has 1 aromatic carbocycles. The number of nitrogens with zero attached hydrogens (tertiary/aromatic N) is 2. The first-order valence-corrected chi connectivity index (χ1v) is 7.49. The minimum Gasteiger partial charge on any atom is -0.337 e. The Hall–Kier alpha value is -1.57. The van der Waals surface area contributed by atoms with Crippen LogP contribution in [-0.2, 0) is 4.79 Å². The number of hydrogen-bond donors (Lipinski definition) is 0. The van der Waals surface area contributed by atoms with E-state index in [-0.39, 0.29) is 25.5 Å². The maximum absolute atomic E-state index is 12.5. The third-order valence-electron chi connectivity index (χ3n) is 3.38. The fourth-order valence-electron chi connectivity index (χ4n) is 2.31. The second kappa shape index (κ2) is 6.68. The number of amides is 2. The van der Waals surface area contributed by atoms with Crippen molar-refractivity contribution in [2.45, 2.75) is 12.6 Å². The molecule has 2 rings (SSSR count). The molecular weight excluding hydrogens is 365 g/mol. The van der Waals surface area contributed by atoms with E-state index < -0.39 is 12.1 Å². The van der Waals surface area contributed by atoms with Crippen molar-refractivity contribution in [3.05, 3.63) is 34.3 Å². The van der Waals surface area contributed by atoms with Crippen LogP contribution >= 0.6 is 15.9 Å². The molecule has 4 nitrogen and oxygen atoms in total. The summed E-state index contributed by atoms with van der Waals surface area (Å²) in [7, 11) is 0. The molecule has 120 valence electrons. The van der Waals surface area contributed by atoms with Crippen LogP contribution in [0.3, 0.4) is 0 Å². The molecule has 2 amide bonds. The Morgan fingerprint density at radius 2 is 1.68 bits per heavy atom. The third-order valence-corrected chi connectivity index (χ3v) is 3.88. The van der Waals surface area contributed by atoms with E-state index in [1.54, 1.807) is 24.3 Å². The molecule has 0 radical (unpaired) electrons. The van der Waals surface area contributed by atoms with E-state index in [1.807, 2.05) is 0 Å². The molecule has 0 aromatic heterocycles. The van der Waals surface area contributed by atoms with Crippen LogP contribution in [0.25, 0.3) is 0 Å². The molecule has 0 spiro atoms. The second-order valence-corrected chi connectivity index (χ2v) is 5.86. The van der Waals surface area contributed by atoms with E-state index in [9.17, 15) is 22.8 Å². The zero-order valence-corrected chi connectivity index (χ0v) is 13.2. The van der Waals surface area contributed by atoms with Crippen LogP contribution in [0.5, 0.6) is 0 Å². The van der Waals surface area contributed by atoms with Gasteiger partial charge in [0.1, 0.15) is 0 Å². The first-order chi connectivity index (χ1) is 10.3. The first-order valence-electron chi connectivity index (χ1n) is 6.70. The molecule has 1 fully saturated rings. The molecule has 1 saturated heterocycles. The van der Waals surface area contributed by atoms with E-state index in [4.69, 9.17) is 0 Å². The predicted octanol–water partition coefficient (Wildman–Crippen LogP) is 2.69. The molecule has 1 aromatic rings. The summed E-state index contributed by atoms with van der Waals surface area (Å²) in [6.45, 7) is 0.304. The SMILES string of the molecule is O=C(c1cccc(Br)c1)N1CCCN(C(=O)C(F)(F)F)CC1. The minimum absolute atomic E-state index is 0.000603. The highest BCUT2D eigenvalue weighted by Crippen LogP contribution is 2.20. The molecule has 1 heterocycles. The molecular formula is C14H14BrF3N2O2. The first kappa shape index (κ1) is 16.8. The fourth-order valence-corrected chi connectivity index (χ4v) is 2.71. The highest BCUT2D eigenvalue weighted by atomic mass is 79.9. The number of carbonyl (C=O) groups is 2. The molecule has 8 heteroatoms. The summed E-state index contributed by atoms with van der Waals surface area (Å²) in [5.41, 5.74) is 0.463. The van der Waals surface area contributed by atoms with Crippen LogP contribution in [0.4, 0.5) is 13.2 Å². The van der Waals surface area contributed by atoms with Gasteiger partial charge in [-0.05, 0) is 24.6 Å². The lowest BCUT2D eigenvalue weighted by molar-refractivity contribution is -0.185. The van der Waals surface area contributed by atoms with Crippen LogP contribution in [0, 0.1) is 0 Å². The van der Waals surface area contributed by atoms with E-state index >= 15 is 0 Å². The van der Waals surface area contributed by atoms with Crippen LogP contribution < -0.4 is 0 Å². The van der Waals surface area contributed by atoms with Crippen molar-refractivity contribution >= 4 is 27.7 Å². The van der Waals surface area contributed by atoms with E-state index in [1.165, 1.54) is 4.90 Å². The smallest absolute Gasteiger partial charge is 0.337 e. The van der Waals surface area contributed by atoms with Crippen molar-refractivity contribution in [1.29, 1.82) is 0 Å². The largest absolute Gasteiger partial charge is 0.471 e. The highest BCUT2D eigenvalue weighted by Gasteiger charge is 2.42. The molecule has 0 atom stereocenters. The summed E-state index contributed by atoms with van der Waals surface area (Å²) in [5, 5.41) is 0. The second-order valence-electron chi connectivity index (χ2n) is 4.95. The number of halogens is 4. The summed E-state index contributed by atoms with van der Waals surface area (Å²) in [4.78, 5) is 25.8. The molecule has 0 unspecified atom stereocenters. The predicted molar refractivity (Wildman–Crippen MR) is 77.3 cm³/mol. The van der Waals surface area contributed by atoms with Gasteiger partial charge >= 0.3 is 12.1 Å². The summed E-state index contributed by atoms with van der Waals surface area (Å²) in [6.07, 6.45) is -4.55. The van der Waals surface area contributed by atoms with Gasteiger partial charge in [-0.1, -0.05) is 22.0 Å². The number of rotatable bonds is 1. The van der Waals surface area contributed by atoms with E-state index in [0.717, 1.165) is 9.37 Å². The Morgan fingerprint density at radius 1 is 1.05 bits per heavy atom. The van der Waals surface area contributed by atoms with E-state index in [2.05, 4.69) is 15.9 Å². The van der Waals surface area contributed by atoms with Gasteiger partial charge in [-0.15, -0.1) is 0 Å². The molecule has 22 heavy (non-hydrogen) atoms. The number of hydrogen-bond acceptors (Lipinski definition) is 2. The van der Waals surface area contributed by atoms with Gasteiger partial charge in [-0.25, -0.2) is 0 Å². The van der Waals surface area contributed by atoms with Gasteiger partial charge in [0.2, 0.25) is 0 Å². The molecule has 0 bridgehead atoms. The average Bonchev–Trinajstić information content (AvgIpc) is 2.70. The third kappa shape index (κ3) is 4.00. The van der Waals surface area contributed by atoms with Gasteiger partial charge in [0.05, 0.1) is 0 Å². The van der Waals surface area contributed by atoms with Crippen LogP contribution in [-0.4, -0.2) is 54.0 Å². The lowest BCUT2D eigenvalue weighted by atomic mass is 10.2. The van der Waals surface area contributed by atoms with Crippen molar-refractivity contribution < 1.29 is 22.8 Å². The average molecular weight is 379 g/mol. The van der Waals surface area contributed by atoms with Crippen LogP contribution in [0.15, 0.2) is 28.7 Å². The van der Waals surface area contributed by atoms with Crippen LogP contribution in [0.1, 0.15) is 16.8 Å². The fraction of sp³-hybridized carbons (Fsp3) is 0.429. The molecule has 1 aliphatic heterocycles. The summed E-state index contributed by atoms with van der Waals surface area (Å²) >= 11 is 3.27. The summed E-state index contributed by atoms with van der Waals surface area (Å²) < 4.78 is 38.1. The van der Waals surface area contributed by atoms with Crippen molar-refractivity contribution in [2.24, 2.45) is 0 Å². The summed E-state index contributed by atoms with van der Waals surface area (Å²) in [6, 6.07) is 6.81. The van der Waals surface area contributed by atoms with Crippen molar-refractivity contribution in [3.8, 4) is 0 Å². The zero-order valence-electron chi connectivity index (χ0n) is 11.6. The monoisotopic (exact) mass is 378 g/mol. The van der Waals surface area contributed by atoms with Gasteiger partial charge in [-0.2, -0.15) is 13.2 Å². The van der Waals surface area contributed by atoms with Crippen molar-refractivity contribution in [1.82, 2.24) is 9.80 Å². The minimum atomic E-state index is -4.87. The molecule has 0 saturated carbocycles. The Labute approximate surface area is 134 Å². The Balaban J connectivity index is 2.04. The number of carbonyl (C=O) groups excluding carboxylic acids is 2. The highest BCUT2D eigenvalue weighted by molar-refractivity contribution is 9.10. The lowest BCUT2D eigenvalue weighted by Crippen LogP contribution is -2.43. The maximum atomic E-state index is 12.5. The zero-order chi connectivity index (χ0) is 16.3. The van der Waals surface area contributed by atoms with Gasteiger partial charge in [-0.3, -0.25) is 9.59 Å². The standard InChI is InChI=1S/C14H14BrF3N2O2/c15-11-4-1-3-10(9-11)12(21)19-5-2-6-20(8-7-19)13(22)14(16,17)18/h1,3-4,9H,2,5-8H2. The van der Waals surface area contributed by atoms with Gasteiger partial charge in [0.15, 0.2) is 0 Å². The molecule has 0 N–H and O–H groups in total. The lowest BCUT2D eigenvalue weighted by Gasteiger charge is -2.23. The Bertz CT molecular complexity index is 577. The summed E-state index contributed by atoms with van der Waals surface area (Å²) in [5.74, 6) is -2.09. The van der Waals surface area contributed by atoms with Gasteiger partial charge in [0, 0.05) is 36.2 Å². The van der Waals surface area contributed by atoms with Crippen molar-refractivity contribution in [3.63, 3.8) is 0 Å². The number of alkyl halides is 3.